The van der Waals surface area contributed by atoms with Gasteiger partial charge in [-0.15, -0.1) is 0 Å². The van der Waals surface area contributed by atoms with Crippen molar-refractivity contribution in [3.63, 3.8) is 0 Å². The van der Waals surface area contributed by atoms with Gasteiger partial charge < -0.3 is 9.42 Å². The van der Waals surface area contributed by atoms with E-state index in [1.165, 1.54) is 5.56 Å². The summed E-state index contributed by atoms with van der Waals surface area (Å²) in [6.07, 6.45) is 6.10. The first-order valence-electron chi connectivity index (χ1n) is 10.3. The Bertz CT molecular complexity index is 1190. The number of nitrogens with zero attached hydrogens (tertiary/aromatic N) is 4. The smallest absolute Gasteiger partial charge is 0.232 e. The van der Waals surface area contributed by atoms with E-state index in [-0.39, 0.29) is 11.8 Å². The van der Waals surface area contributed by atoms with E-state index in [9.17, 15) is 4.79 Å². The minimum atomic E-state index is -0.106. The van der Waals surface area contributed by atoms with Crippen molar-refractivity contribution in [3.8, 4) is 11.4 Å². The highest BCUT2D eigenvalue weighted by Crippen LogP contribution is 2.33. The first kappa shape index (κ1) is 18.5. The molecule has 5 rings (SSSR count). The number of amides is 1. The van der Waals surface area contributed by atoms with Crippen LogP contribution in [0.5, 0.6) is 0 Å². The maximum Gasteiger partial charge on any atom is 0.232 e. The van der Waals surface area contributed by atoms with Gasteiger partial charge in [0, 0.05) is 42.0 Å². The van der Waals surface area contributed by atoms with Gasteiger partial charge in [-0.25, -0.2) is 0 Å². The number of anilines is 1. The van der Waals surface area contributed by atoms with Crippen molar-refractivity contribution in [2.75, 3.05) is 11.4 Å². The molecule has 1 atom stereocenters. The fourth-order valence-corrected chi connectivity index (χ4v) is 4.08. The number of carbonyl (C=O) groups is 1. The third kappa shape index (κ3) is 3.34. The lowest BCUT2D eigenvalue weighted by molar-refractivity contribution is -0.117. The first-order valence-corrected chi connectivity index (χ1v) is 10.3. The van der Waals surface area contributed by atoms with Gasteiger partial charge in [-0.05, 0) is 35.6 Å². The molecule has 1 amide bonds. The van der Waals surface area contributed by atoms with Gasteiger partial charge in [0.25, 0.3) is 0 Å². The second-order valence-electron chi connectivity index (χ2n) is 7.68. The molecular formula is C24H22N4O2. The van der Waals surface area contributed by atoms with Crippen molar-refractivity contribution >= 4 is 22.4 Å². The van der Waals surface area contributed by atoms with Gasteiger partial charge >= 0.3 is 0 Å². The van der Waals surface area contributed by atoms with Gasteiger partial charge in [-0.3, -0.25) is 9.78 Å². The zero-order valence-electron chi connectivity index (χ0n) is 16.8. The third-order valence-corrected chi connectivity index (χ3v) is 5.62. The summed E-state index contributed by atoms with van der Waals surface area (Å²) in [5.74, 6) is 1.02. The molecular weight excluding hydrogens is 376 g/mol. The van der Waals surface area contributed by atoms with Crippen LogP contribution < -0.4 is 4.90 Å². The Labute approximate surface area is 174 Å². The summed E-state index contributed by atoms with van der Waals surface area (Å²) in [5.41, 5.74) is 3.11. The third-order valence-electron chi connectivity index (χ3n) is 5.62. The largest absolute Gasteiger partial charge is 0.339 e. The molecule has 1 fully saturated rings. The van der Waals surface area contributed by atoms with E-state index in [0.29, 0.717) is 24.7 Å². The summed E-state index contributed by atoms with van der Waals surface area (Å²) >= 11 is 0. The molecule has 1 aliphatic rings. The summed E-state index contributed by atoms with van der Waals surface area (Å²) in [5, 5.41) is 6.25. The Morgan fingerprint density at radius 3 is 2.83 bits per heavy atom. The van der Waals surface area contributed by atoms with Crippen LogP contribution in [0, 0.1) is 0 Å². The molecule has 1 saturated heterocycles. The topological polar surface area (TPSA) is 72.1 Å². The minimum absolute atomic E-state index is 0.0826. The minimum Gasteiger partial charge on any atom is -0.339 e. The van der Waals surface area contributed by atoms with Crippen molar-refractivity contribution < 1.29 is 9.32 Å². The van der Waals surface area contributed by atoms with Crippen LogP contribution in [0.25, 0.3) is 22.2 Å². The van der Waals surface area contributed by atoms with Crippen LogP contribution in [0.3, 0.4) is 0 Å². The lowest BCUT2D eigenvalue weighted by Crippen LogP contribution is -2.24. The van der Waals surface area contributed by atoms with Crippen molar-refractivity contribution in [3.05, 3.63) is 72.4 Å². The molecule has 4 aromatic rings. The van der Waals surface area contributed by atoms with Crippen molar-refractivity contribution in [2.45, 2.75) is 32.1 Å². The zero-order chi connectivity index (χ0) is 20.5. The van der Waals surface area contributed by atoms with Crippen LogP contribution >= 0.6 is 0 Å². The fourth-order valence-electron chi connectivity index (χ4n) is 4.08. The molecule has 6 nitrogen and oxygen atoms in total. The monoisotopic (exact) mass is 398 g/mol. The fraction of sp³-hybridized carbons (Fsp3) is 0.250. The van der Waals surface area contributed by atoms with Gasteiger partial charge in [-0.1, -0.05) is 48.8 Å². The van der Waals surface area contributed by atoms with Crippen molar-refractivity contribution in [1.29, 1.82) is 0 Å². The zero-order valence-corrected chi connectivity index (χ0v) is 16.8. The average molecular weight is 398 g/mol. The SMILES string of the molecule is CCCc1ccc(N2CC(c3nc(-c4cccc5cnccc45)no3)CC2=O)cc1. The van der Waals surface area contributed by atoms with Gasteiger partial charge in [-0.2, -0.15) is 4.98 Å². The number of carbonyl (C=O) groups excluding carboxylic acids is 1. The van der Waals surface area contributed by atoms with Crippen molar-refractivity contribution in [2.24, 2.45) is 0 Å². The molecule has 3 heterocycles. The molecule has 0 bridgehead atoms. The maximum atomic E-state index is 12.6. The van der Waals surface area contributed by atoms with E-state index < -0.39 is 0 Å². The van der Waals surface area contributed by atoms with E-state index in [1.54, 1.807) is 6.20 Å². The van der Waals surface area contributed by atoms with E-state index in [2.05, 4.69) is 34.2 Å². The number of hydrogen-bond acceptors (Lipinski definition) is 5. The van der Waals surface area contributed by atoms with E-state index in [4.69, 9.17) is 4.52 Å². The van der Waals surface area contributed by atoms with Gasteiger partial charge in [0.2, 0.25) is 17.6 Å². The predicted molar refractivity (Wildman–Crippen MR) is 115 cm³/mol. The van der Waals surface area contributed by atoms with Crippen LogP contribution in [0.4, 0.5) is 5.69 Å². The molecule has 1 unspecified atom stereocenters. The van der Waals surface area contributed by atoms with Gasteiger partial charge in [0.05, 0.1) is 5.92 Å². The average Bonchev–Trinajstić information content (AvgIpc) is 3.41. The van der Waals surface area contributed by atoms with Gasteiger partial charge in [0.15, 0.2) is 0 Å². The molecule has 0 radical (unpaired) electrons. The summed E-state index contributed by atoms with van der Waals surface area (Å²) in [4.78, 5) is 23.3. The summed E-state index contributed by atoms with van der Waals surface area (Å²) in [6, 6.07) is 16.1. The molecule has 0 N–H and O–H groups in total. The number of pyridine rings is 1. The molecule has 30 heavy (non-hydrogen) atoms. The number of rotatable bonds is 5. The molecule has 0 saturated carbocycles. The molecule has 1 aliphatic heterocycles. The second kappa shape index (κ2) is 7.71. The maximum absolute atomic E-state index is 12.6. The highest BCUT2D eigenvalue weighted by Gasteiger charge is 2.35. The Hall–Kier alpha value is -3.54. The van der Waals surface area contributed by atoms with Crippen molar-refractivity contribution in [1.82, 2.24) is 15.1 Å². The predicted octanol–water partition coefficient (Wildman–Crippen LogP) is 4.76. The lowest BCUT2D eigenvalue weighted by atomic mass is 10.1. The van der Waals surface area contributed by atoms with E-state index >= 15 is 0 Å². The van der Waals surface area contributed by atoms with Crippen LogP contribution in [0.1, 0.15) is 37.1 Å². The molecule has 0 spiro atoms. The molecule has 0 aliphatic carbocycles. The Morgan fingerprint density at radius 1 is 1.13 bits per heavy atom. The van der Waals surface area contributed by atoms with Crippen LogP contribution in [0.2, 0.25) is 0 Å². The highest BCUT2D eigenvalue weighted by atomic mass is 16.5. The van der Waals surface area contributed by atoms with Crippen LogP contribution in [0.15, 0.2) is 65.4 Å². The highest BCUT2D eigenvalue weighted by molar-refractivity contribution is 5.96. The number of aromatic nitrogens is 3. The molecule has 2 aromatic carbocycles. The first-order chi connectivity index (χ1) is 14.7. The lowest BCUT2D eigenvalue weighted by Gasteiger charge is -2.16. The molecule has 2 aromatic heterocycles. The Kier molecular flexibility index (Phi) is 4.75. The van der Waals surface area contributed by atoms with Gasteiger partial charge in [0.1, 0.15) is 0 Å². The number of fused-ring (bicyclic) bond motifs is 1. The second-order valence-corrected chi connectivity index (χ2v) is 7.68. The van der Waals surface area contributed by atoms with Crippen LogP contribution in [-0.4, -0.2) is 27.6 Å². The Balaban J connectivity index is 1.38. The van der Waals surface area contributed by atoms with E-state index in [0.717, 1.165) is 34.9 Å². The molecule has 150 valence electrons. The standard InChI is InChI=1S/C24H22N4O2/c1-2-4-16-7-9-19(10-8-16)28-15-18(13-22(28)29)24-26-23(27-30-24)21-6-3-5-17-14-25-12-11-20(17)21/h3,5-12,14,18H,2,4,13,15H2,1H3. The number of hydrogen-bond donors (Lipinski definition) is 0. The number of benzene rings is 2. The summed E-state index contributed by atoms with van der Waals surface area (Å²) < 4.78 is 5.58. The van der Waals surface area contributed by atoms with Crippen LogP contribution in [-0.2, 0) is 11.2 Å². The Morgan fingerprint density at radius 2 is 2.00 bits per heavy atom. The normalized spacial score (nSPS) is 16.5. The summed E-state index contributed by atoms with van der Waals surface area (Å²) in [6.45, 7) is 2.71. The quantitative estimate of drug-likeness (QED) is 0.485. The molecule has 6 heteroatoms. The summed E-state index contributed by atoms with van der Waals surface area (Å²) in [7, 11) is 0. The van der Waals surface area contributed by atoms with E-state index in [1.807, 2.05) is 47.5 Å². The number of aryl methyl sites for hydroxylation is 1.